The van der Waals surface area contributed by atoms with Crippen LogP contribution in [0.5, 0.6) is 0 Å². The highest BCUT2D eigenvalue weighted by atomic mass is 19.4. The summed E-state index contributed by atoms with van der Waals surface area (Å²) in [7, 11) is 0. The van der Waals surface area contributed by atoms with Crippen molar-refractivity contribution in [1.29, 1.82) is 0 Å². The first kappa shape index (κ1) is 16.4. The Bertz CT molecular complexity index is 189. The number of rotatable bonds is 6. The second-order valence-electron chi connectivity index (χ2n) is 3.32. The van der Waals surface area contributed by atoms with Gasteiger partial charge in [-0.1, -0.05) is 0 Å². The van der Waals surface area contributed by atoms with Gasteiger partial charge in [-0.2, -0.15) is 26.3 Å². The van der Waals surface area contributed by atoms with Gasteiger partial charge in [0, 0.05) is 0 Å². The first-order chi connectivity index (χ1) is 7.62. The van der Waals surface area contributed by atoms with Gasteiger partial charge >= 0.3 is 12.4 Å². The maximum absolute atomic E-state index is 11.9. The van der Waals surface area contributed by atoms with E-state index in [4.69, 9.17) is 0 Å². The summed E-state index contributed by atoms with van der Waals surface area (Å²) in [5.74, 6) is -4.98. The minimum atomic E-state index is -4.89. The fourth-order valence-corrected chi connectivity index (χ4v) is 0.806. The van der Waals surface area contributed by atoms with E-state index >= 15 is 0 Å². The van der Waals surface area contributed by atoms with Gasteiger partial charge in [-0.05, 0) is 0 Å². The molecule has 0 saturated carbocycles. The predicted octanol–water partition coefficient (Wildman–Crippen LogP) is 3.30. The second kappa shape index (κ2) is 6.36. The van der Waals surface area contributed by atoms with Crippen molar-refractivity contribution in [3.63, 3.8) is 0 Å². The summed E-state index contributed by atoms with van der Waals surface area (Å²) in [5.41, 5.74) is 0. The summed E-state index contributed by atoms with van der Waals surface area (Å²) in [6.07, 6.45) is -9.78. The smallest absolute Gasteiger partial charge is 0.380 e. The molecule has 0 aliphatic rings. The minimum absolute atomic E-state index is 1.26. The van der Waals surface area contributed by atoms with Gasteiger partial charge in [0.15, 0.2) is 0 Å². The van der Waals surface area contributed by atoms with E-state index in [0.717, 1.165) is 0 Å². The molecule has 0 aliphatic carbocycles. The third kappa shape index (κ3) is 6.04. The van der Waals surface area contributed by atoms with Gasteiger partial charge in [0.25, 0.3) is 0 Å². The standard InChI is InChI=1S/C8H10F8O/c9-1-5(7(11,12)13)3-17-4-6(2-10)8(14,15)16/h5-6H,1-4H2. The fraction of sp³-hybridized carbons (Fsp3) is 1.00. The van der Waals surface area contributed by atoms with Crippen molar-refractivity contribution in [2.24, 2.45) is 11.8 Å². The number of alkyl halides is 8. The average Bonchev–Trinajstić information content (AvgIpc) is 2.13. The van der Waals surface area contributed by atoms with E-state index in [9.17, 15) is 35.1 Å². The van der Waals surface area contributed by atoms with Gasteiger partial charge in [-0.15, -0.1) is 0 Å². The molecule has 17 heavy (non-hydrogen) atoms. The molecular weight excluding hydrogens is 264 g/mol. The molecule has 1 nitrogen and oxygen atoms in total. The van der Waals surface area contributed by atoms with Crippen molar-refractivity contribution in [3.8, 4) is 0 Å². The highest BCUT2D eigenvalue weighted by Crippen LogP contribution is 2.29. The van der Waals surface area contributed by atoms with Crippen LogP contribution in [0.1, 0.15) is 0 Å². The van der Waals surface area contributed by atoms with E-state index in [1.807, 2.05) is 0 Å². The quantitative estimate of drug-likeness (QED) is 0.675. The molecular formula is C8H10F8O. The van der Waals surface area contributed by atoms with Crippen molar-refractivity contribution < 1.29 is 39.9 Å². The molecule has 2 atom stereocenters. The van der Waals surface area contributed by atoms with Crippen LogP contribution in [-0.4, -0.2) is 38.9 Å². The molecule has 0 aromatic heterocycles. The number of halogens is 8. The molecule has 0 bridgehead atoms. The summed E-state index contributed by atoms with van der Waals surface area (Å²) in [6, 6.07) is 0. The Hall–Kier alpha value is -0.600. The summed E-state index contributed by atoms with van der Waals surface area (Å²) in [6.45, 7) is -6.11. The van der Waals surface area contributed by atoms with Crippen molar-refractivity contribution in [3.05, 3.63) is 0 Å². The van der Waals surface area contributed by atoms with E-state index in [2.05, 4.69) is 4.74 Å². The third-order valence-electron chi connectivity index (χ3n) is 1.94. The van der Waals surface area contributed by atoms with E-state index < -0.39 is 50.8 Å². The fourth-order valence-electron chi connectivity index (χ4n) is 0.806. The van der Waals surface area contributed by atoms with Crippen molar-refractivity contribution >= 4 is 0 Å². The predicted molar refractivity (Wildman–Crippen MR) is 41.9 cm³/mol. The van der Waals surface area contributed by atoms with Crippen LogP contribution in [0.4, 0.5) is 35.1 Å². The van der Waals surface area contributed by atoms with Gasteiger partial charge in [-0.3, -0.25) is 8.78 Å². The van der Waals surface area contributed by atoms with Crippen LogP contribution in [0.25, 0.3) is 0 Å². The zero-order valence-corrected chi connectivity index (χ0v) is 8.42. The highest BCUT2D eigenvalue weighted by molar-refractivity contribution is 4.69. The van der Waals surface area contributed by atoms with Crippen LogP contribution in [0, 0.1) is 11.8 Å². The van der Waals surface area contributed by atoms with Crippen LogP contribution in [0.2, 0.25) is 0 Å². The number of ether oxygens (including phenoxy) is 1. The molecule has 2 unspecified atom stereocenters. The van der Waals surface area contributed by atoms with Gasteiger partial charge in [-0.25, -0.2) is 0 Å². The molecule has 0 spiro atoms. The van der Waals surface area contributed by atoms with Gasteiger partial charge in [0.2, 0.25) is 0 Å². The van der Waals surface area contributed by atoms with Gasteiger partial charge in [0.1, 0.15) is 25.2 Å². The summed E-state index contributed by atoms with van der Waals surface area (Å²) < 4.78 is 99.5. The van der Waals surface area contributed by atoms with E-state index in [1.54, 1.807) is 0 Å². The molecule has 0 radical (unpaired) electrons. The monoisotopic (exact) mass is 274 g/mol. The molecule has 0 aromatic rings. The maximum atomic E-state index is 11.9. The Kier molecular flexibility index (Phi) is 6.14. The Morgan fingerprint density at radius 1 is 0.706 bits per heavy atom. The zero-order valence-electron chi connectivity index (χ0n) is 8.42. The summed E-state index contributed by atoms with van der Waals surface area (Å²) >= 11 is 0. The van der Waals surface area contributed by atoms with Crippen LogP contribution in [-0.2, 0) is 4.74 Å². The van der Waals surface area contributed by atoms with Crippen molar-refractivity contribution in [1.82, 2.24) is 0 Å². The lowest BCUT2D eigenvalue weighted by molar-refractivity contribution is -0.210. The Morgan fingerprint density at radius 2 is 1.00 bits per heavy atom. The third-order valence-corrected chi connectivity index (χ3v) is 1.94. The van der Waals surface area contributed by atoms with Crippen LogP contribution in [0.3, 0.4) is 0 Å². The lowest BCUT2D eigenvalue weighted by Gasteiger charge is -2.20. The lowest BCUT2D eigenvalue weighted by atomic mass is 10.1. The van der Waals surface area contributed by atoms with Gasteiger partial charge < -0.3 is 4.74 Å². The molecule has 0 fully saturated rings. The van der Waals surface area contributed by atoms with Gasteiger partial charge in [0.05, 0.1) is 13.2 Å². The van der Waals surface area contributed by atoms with E-state index in [1.165, 1.54) is 0 Å². The highest BCUT2D eigenvalue weighted by Gasteiger charge is 2.42. The summed E-state index contributed by atoms with van der Waals surface area (Å²) in [4.78, 5) is 0. The van der Waals surface area contributed by atoms with E-state index in [-0.39, 0.29) is 0 Å². The van der Waals surface area contributed by atoms with Crippen LogP contribution in [0.15, 0.2) is 0 Å². The number of hydrogen-bond donors (Lipinski definition) is 0. The van der Waals surface area contributed by atoms with E-state index in [0.29, 0.717) is 0 Å². The normalized spacial score (nSPS) is 16.9. The first-order valence-electron chi connectivity index (χ1n) is 4.46. The Morgan fingerprint density at radius 3 is 1.18 bits per heavy atom. The SMILES string of the molecule is FCC(COCC(CF)C(F)(F)F)C(F)(F)F. The molecule has 0 aliphatic heterocycles. The maximum Gasteiger partial charge on any atom is 0.396 e. The largest absolute Gasteiger partial charge is 0.396 e. The van der Waals surface area contributed by atoms with Crippen molar-refractivity contribution in [2.45, 2.75) is 12.4 Å². The zero-order chi connectivity index (χ0) is 13.7. The van der Waals surface area contributed by atoms with Crippen LogP contribution >= 0.6 is 0 Å². The molecule has 0 amide bonds. The van der Waals surface area contributed by atoms with Crippen LogP contribution < -0.4 is 0 Å². The first-order valence-corrected chi connectivity index (χ1v) is 4.46. The Labute approximate surface area is 91.7 Å². The number of hydrogen-bond acceptors (Lipinski definition) is 1. The topological polar surface area (TPSA) is 9.23 Å². The molecule has 0 heterocycles. The summed E-state index contributed by atoms with van der Waals surface area (Å²) in [5, 5.41) is 0. The average molecular weight is 274 g/mol. The lowest BCUT2D eigenvalue weighted by Crippen LogP contribution is -2.33. The molecule has 9 heteroatoms. The molecule has 0 saturated heterocycles. The Balaban J connectivity index is 4.13. The van der Waals surface area contributed by atoms with Crippen molar-refractivity contribution in [2.75, 3.05) is 26.6 Å². The molecule has 0 aromatic carbocycles. The molecule has 104 valence electrons. The second-order valence-corrected chi connectivity index (χ2v) is 3.32. The molecule has 0 N–H and O–H groups in total. The minimum Gasteiger partial charge on any atom is -0.380 e. The molecule has 0 rings (SSSR count).